The van der Waals surface area contributed by atoms with Gasteiger partial charge in [-0.25, -0.2) is 0 Å². The van der Waals surface area contributed by atoms with Gasteiger partial charge in [0, 0.05) is 5.69 Å². The smallest absolute Gasteiger partial charge is 0.230 e. The highest BCUT2D eigenvalue weighted by Gasteiger charge is 2.39. The normalized spacial score (nSPS) is 19.6. The van der Waals surface area contributed by atoms with Gasteiger partial charge >= 0.3 is 0 Å². The molecule has 2 heterocycles. The van der Waals surface area contributed by atoms with E-state index in [1.165, 1.54) is 0 Å². The molecule has 80 valence electrons. The standard InChI is InChI=1S/C13H11NO2/c15-13-9-11(12-7-4-8-16-12)14(13)10-5-2-1-3-6-10/h1-8,11H,9H2. The first kappa shape index (κ1) is 9.21. The summed E-state index contributed by atoms with van der Waals surface area (Å²) in [5.74, 6) is 0.996. The summed E-state index contributed by atoms with van der Waals surface area (Å²) >= 11 is 0. The van der Waals surface area contributed by atoms with Crippen molar-refractivity contribution in [3.63, 3.8) is 0 Å². The molecule has 0 saturated carbocycles. The van der Waals surface area contributed by atoms with Crippen LogP contribution < -0.4 is 4.90 Å². The Labute approximate surface area is 93.3 Å². The van der Waals surface area contributed by atoms with Crippen LogP contribution in [0.15, 0.2) is 53.1 Å². The van der Waals surface area contributed by atoms with Gasteiger partial charge < -0.3 is 9.32 Å². The predicted octanol–water partition coefficient (Wildman–Crippen LogP) is 2.76. The molecular weight excluding hydrogens is 202 g/mol. The van der Waals surface area contributed by atoms with Gasteiger partial charge in [0.05, 0.1) is 12.7 Å². The van der Waals surface area contributed by atoms with Gasteiger partial charge in [0.1, 0.15) is 11.8 Å². The van der Waals surface area contributed by atoms with Crippen LogP contribution in [0.5, 0.6) is 0 Å². The van der Waals surface area contributed by atoms with E-state index < -0.39 is 0 Å². The van der Waals surface area contributed by atoms with Gasteiger partial charge in [0.2, 0.25) is 5.91 Å². The Morgan fingerprint density at radius 3 is 2.56 bits per heavy atom. The number of para-hydroxylation sites is 1. The van der Waals surface area contributed by atoms with Crippen molar-refractivity contribution in [3.05, 3.63) is 54.5 Å². The second-order valence-corrected chi connectivity index (χ2v) is 3.83. The molecule has 1 unspecified atom stereocenters. The molecule has 1 atom stereocenters. The van der Waals surface area contributed by atoms with Gasteiger partial charge in [-0.2, -0.15) is 0 Å². The third kappa shape index (κ3) is 1.33. The molecule has 1 amide bonds. The van der Waals surface area contributed by atoms with Gasteiger partial charge in [-0.1, -0.05) is 18.2 Å². The Balaban J connectivity index is 1.92. The molecule has 1 saturated heterocycles. The number of carbonyl (C=O) groups is 1. The largest absolute Gasteiger partial charge is 0.467 e. The van der Waals surface area contributed by atoms with Gasteiger partial charge in [0.25, 0.3) is 0 Å². The number of hydrogen-bond acceptors (Lipinski definition) is 2. The Kier molecular flexibility index (Phi) is 2.03. The monoisotopic (exact) mass is 213 g/mol. The van der Waals surface area contributed by atoms with Crippen molar-refractivity contribution in [2.24, 2.45) is 0 Å². The van der Waals surface area contributed by atoms with Crippen LogP contribution in [-0.4, -0.2) is 5.91 Å². The third-order valence-corrected chi connectivity index (χ3v) is 2.85. The minimum absolute atomic E-state index is 0.0601. The topological polar surface area (TPSA) is 33.5 Å². The predicted molar refractivity (Wildman–Crippen MR) is 60.0 cm³/mol. The van der Waals surface area contributed by atoms with Crippen LogP contribution in [0, 0.1) is 0 Å². The van der Waals surface area contributed by atoms with E-state index in [2.05, 4.69) is 0 Å². The van der Waals surface area contributed by atoms with Crippen molar-refractivity contribution in [2.45, 2.75) is 12.5 Å². The maximum Gasteiger partial charge on any atom is 0.230 e. The molecule has 0 bridgehead atoms. The zero-order valence-electron chi connectivity index (χ0n) is 8.67. The number of amides is 1. The van der Waals surface area contributed by atoms with Crippen molar-refractivity contribution in [1.29, 1.82) is 0 Å². The summed E-state index contributed by atoms with van der Waals surface area (Å²) in [7, 11) is 0. The molecule has 3 rings (SSSR count). The summed E-state index contributed by atoms with van der Waals surface area (Å²) in [6.45, 7) is 0. The molecule has 1 aromatic carbocycles. The van der Waals surface area contributed by atoms with Gasteiger partial charge in [0.15, 0.2) is 0 Å². The molecular formula is C13H11NO2. The fourth-order valence-corrected chi connectivity index (χ4v) is 2.04. The summed E-state index contributed by atoms with van der Waals surface area (Å²) in [6.07, 6.45) is 2.17. The molecule has 16 heavy (non-hydrogen) atoms. The number of β-lactam (4-membered cyclic amide) rings is 1. The maximum atomic E-state index is 11.6. The Bertz CT molecular complexity index is 490. The average molecular weight is 213 g/mol. The fraction of sp³-hybridized carbons (Fsp3) is 0.154. The van der Waals surface area contributed by atoms with E-state index in [1.807, 2.05) is 42.5 Å². The van der Waals surface area contributed by atoms with Crippen LogP contribution in [0.2, 0.25) is 0 Å². The number of carbonyl (C=O) groups excluding carboxylic acids is 1. The molecule has 3 heteroatoms. The minimum Gasteiger partial charge on any atom is -0.467 e. The minimum atomic E-state index is 0.0601. The molecule has 1 fully saturated rings. The Morgan fingerprint density at radius 2 is 1.94 bits per heavy atom. The lowest BCUT2D eigenvalue weighted by Crippen LogP contribution is -2.46. The van der Waals surface area contributed by atoms with E-state index in [9.17, 15) is 4.79 Å². The van der Waals surface area contributed by atoms with Crippen molar-refractivity contribution < 1.29 is 9.21 Å². The van der Waals surface area contributed by atoms with Crippen LogP contribution in [0.1, 0.15) is 18.2 Å². The number of nitrogens with zero attached hydrogens (tertiary/aromatic N) is 1. The molecule has 0 spiro atoms. The first-order valence-corrected chi connectivity index (χ1v) is 5.27. The molecule has 0 aliphatic carbocycles. The zero-order chi connectivity index (χ0) is 11.0. The van der Waals surface area contributed by atoms with E-state index >= 15 is 0 Å². The van der Waals surface area contributed by atoms with Crippen molar-refractivity contribution in [3.8, 4) is 0 Å². The average Bonchev–Trinajstić information content (AvgIpc) is 2.80. The summed E-state index contributed by atoms with van der Waals surface area (Å²) < 4.78 is 5.34. The van der Waals surface area contributed by atoms with E-state index in [4.69, 9.17) is 4.42 Å². The lowest BCUT2D eigenvalue weighted by molar-refractivity contribution is -0.124. The highest BCUT2D eigenvalue weighted by molar-refractivity contribution is 6.00. The Morgan fingerprint density at radius 1 is 1.12 bits per heavy atom. The number of rotatable bonds is 2. The molecule has 1 aromatic heterocycles. The lowest BCUT2D eigenvalue weighted by Gasteiger charge is -2.39. The number of hydrogen-bond donors (Lipinski definition) is 0. The van der Waals surface area contributed by atoms with Crippen molar-refractivity contribution in [2.75, 3.05) is 4.90 Å². The molecule has 1 aliphatic rings. The van der Waals surface area contributed by atoms with Gasteiger partial charge in [-0.15, -0.1) is 0 Å². The SMILES string of the molecule is O=C1CC(c2ccco2)N1c1ccccc1. The van der Waals surface area contributed by atoms with Crippen molar-refractivity contribution >= 4 is 11.6 Å². The number of anilines is 1. The molecule has 0 N–H and O–H groups in total. The first-order chi connectivity index (χ1) is 7.86. The first-order valence-electron chi connectivity index (χ1n) is 5.27. The second-order valence-electron chi connectivity index (χ2n) is 3.83. The highest BCUT2D eigenvalue weighted by Crippen LogP contribution is 2.38. The number of furan rings is 1. The summed E-state index contributed by atoms with van der Waals surface area (Å²) in [4.78, 5) is 13.4. The van der Waals surface area contributed by atoms with Crippen LogP contribution >= 0.6 is 0 Å². The van der Waals surface area contributed by atoms with Crippen LogP contribution in [0.3, 0.4) is 0 Å². The third-order valence-electron chi connectivity index (χ3n) is 2.85. The quantitative estimate of drug-likeness (QED) is 0.719. The van der Waals surface area contributed by atoms with Gasteiger partial charge in [-0.3, -0.25) is 4.79 Å². The highest BCUT2D eigenvalue weighted by atomic mass is 16.3. The van der Waals surface area contributed by atoms with E-state index in [0.717, 1.165) is 11.4 Å². The Hall–Kier alpha value is -2.03. The number of benzene rings is 1. The summed E-state index contributed by atoms with van der Waals surface area (Å²) in [5.41, 5.74) is 0.931. The molecule has 0 radical (unpaired) electrons. The van der Waals surface area contributed by atoms with E-state index in [-0.39, 0.29) is 11.9 Å². The lowest BCUT2D eigenvalue weighted by atomic mass is 9.98. The zero-order valence-corrected chi connectivity index (χ0v) is 8.67. The van der Waals surface area contributed by atoms with Gasteiger partial charge in [-0.05, 0) is 24.3 Å². The molecule has 2 aromatic rings. The van der Waals surface area contributed by atoms with E-state index in [0.29, 0.717) is 6.42 Å². The summed E-state index contributed by atoms with van der Waals surface area (Å²) in [6, 6.07) is 13.5. The molecule has 3 nitrogen and oxygen atoms in total. The van der Waals surface area contributed by atoms with E-state index in [1.54, 1.807) is 11.2 Å². The summed E-state index contributed by atoms with van der Waals surface area (Å²) in [5, 5.41) is 0. The van der Waals surface area contributed by atoms with Crippen LogP contribution in [0.25, 0.3) is 0 Å². The van der Waals surface area contributed by atoms with Crippen LogP contribution in [0.4, 0.5) is 5.69 Å². The second kappa shape index (κ2) is 3.52. The fourth-order valence-electron chi connectivity index (χ4n) is 2.04. The maximum absolute atomic E-state index is 11.6. The van der Waals surface area contributed by atoms with Crippen molar-refractivity contribution in [1.82, 2.24) is 0 Å². The van der Waals surface area contributed by atoms with Crippen LogP contribution in [-0.2, 0) is 4.79 Å². The molecule has 1 aliphatic heterocycles.